The van der Waals surface area contributed by atoms with E-state index in [2.05, 4.69) is 172 Å². The fourth-order valence-electron chi connectivity index (χ4n) is 5.88. The van der Waals surface area contributed by atoms with Gasteiger partial charge in [-0.15, -0.1) is 0 Å². The van der Waals surface area contributed by atoms with Crippen molar-refractivity contribution in [2.75, 3.05) is 0 Å². The number of fused-ring (bicyclic) bond motifs is 1. The highest BCUT2D eigenvalue weighted by Gasteiger charge is 2.20. The molecule has 1 aromatic heterocycles. The largest absolute Gasteiger partial charge is 0.354 e. The van der Waals surface area contributed by atoms with Gasteiger partial charge in [0.05, 0.1) is 11.4 Å². The van der Waals surface area contributed by atoms with Gasteiger partial charge in [0.25, 0.3) is 0 Å². The van der Waals surface area contributed by atoms with Crippen LogP contribution in [0.2, 0.25) is 0 Å². The van der Waals surface area contributed by atoms with Crippen LogP contribution in [0, 0.1) is 13.8 Å². The minimum Gasteiger partial charge on any atom is -0.354 e. The number of nitrogens with one attached hydrogen (secondary N) is 1. The number of aromatic amines is 1. The van der Waals surface area contributed by atoms with E-state index in [1.54, 1.807) is 0 Å². The molecule has 6 aromatic rings. The average Bonchev–Trinajstić information content (AvgIpc) is 3.41. The number of allylic oxidation sites excluding steroid dienone is 3. The van der Waals surface area contributed by atoms with Crippen LogP contribution >= 0.6 is 0 Å². The molecule has 1 N–H and O–H groups in total. The zero-order valence-electron chi connectivity index (χ0n) is 24.9. The topological polar surface area (TPSA) is 15.8 Å². The summed E-state index contributed by atoms with van der Waals surface area (Å²) in [5, 5.41) is 2.46. The molecular formula is C41H37N. The first kappa shape index (κ1) is 27.3. The molecule has 6 rings (SSSR count). The molecule has 0 spiro atoms. The number of aromatic nitrogens is 1. The van der Waals surface area contributed by atoms with E-state index in [0.717, 1.165) is 11.4 Å². The first-order valence-corrected chi connectivity index (χ1v) is 14.8. The Morgan fingerprint density at radius 2 is 1.14 bits per heavy atom. The van der Waals surface area contributed by atoms with Gasteiger partial charge in [0.1, 0.15) is 0 Å². The fraction of sp³-hybridized carbons (Fsp3) is 0.122. The quantitative estimate of drug-likeness (QED) is 0.193. The lowest BCUT2D eigenvalue weighted by Gasteiger charge is -2.19. The van der Waals surface area contributed by atoms with Crippen molar-refractivity contribution in [3.63, 3.8) is 0 Å². The molecule has 0 bridgehead atoms. The maximum atomic E-state index is 3.91. The second kappa shape index (κ2) is 11.9. The molecule has 1 atom stereocenters. The maximum Gasteiger partial charge on any atom is 0.0547 e. The summed E-state index contributed by atoms with van der Waals surface area (Å²) in [5.41, 5.74) is 13.5. The van der Waals surface area contributed by atoms with Crippen LogP contribution in [0.4, 0.5) is 0 Å². The van der Waals surface area contributed by atoms with Crippen LogP contribution in [0.3, 0.4) is 0 Å². The second-order valence-electron chi connectivity index (χ2n) is 11.3. The summed E-state index contributed by atoms with van der Waals surface area (Å²) < 4.78 is 0. The van der Waals surface area contributed by atoms with Gasteiger partial charge in [-0.25, -0.2) is 0 Å². The Morgan fingerprint density at radius 1 is 0.595 bits per heavy atom. The lowest BCUT2D eigenvalue weighted by Crippen LogP contribution is -1.99. The highest BCUT2D eigenvalue weighted by molar-refractivity contribution is 6.07. The van der Waals surface area contributed by atoms with E-state index < -0.39 is 0 Å². The van der Waals surface area contributed by atoms with E-state index in [1.165, 1.54) is 60.9 Å². The predicted molar refractivity (Wildman–Crippen MR) is 181 cm³/mol. The van der Waals surface area contributed by atoms with E-state index in [4.69, 9.17) is 0 Å². The summed E-state index contributed by atoms with van der Waals surface area (Å²) >= 11 is 0. The molecule has 1 unspecified atom stereocenters. The Labute approximate surface area is 249 Å². The van der Waals surface area contributed by atoms with Gasteiger partial charge in [-0.1, -0.05) is 158 Å². The van der Waals surface area contributed by atoms with E-state index in [0.29, 0.717) is 0 Å². The molecule has 0 saturated carbocycles. The minimum absolute atomic E-state index is 0.245. The van der Waals surface area contributed by atoms with Crippen molar-refractivity contribution in [3.05, 3.63) is 179 Å². The summed E-state index contributed by atoms with van der Waals surface area (Å²) in [6, 6.07) is 48.1. The van der Waals surface area contributed by atoms with Crippen molar-refractivity contribution in [2.45, 2.75) is 33.6 Å². The molecule has 0 radical (unpaired) electrons. The van der Waals surface area contributed by atoms with Crippen LogP contribution in [0.15, 0.2) is 145 Å². The van der Waals surface area contributed by atoms with Crippen molar-refractivity contribution >= 4 is 21.9 Å². The van der Waals surface area contributed by atoms with E-state index in [1.807, 2.05) is 0 Å². The van der Waals surface area contributed by atoms with Crippen molar-refractivity contribution in [2.24, 2.45) is 0 Å². The third-order valence-corrected chi connectivity index (χ3v) is 8.25. The first-order valence-electron chi connectivity index (χ1n) is 14.8. The lowest BCUT2D eigenvalue weighted by atomic mass is 9.86. The van der Waals surface area contributed by atoms with Gasteiger partial charge in [0.2, 0.25) is 0 Å². The van der Waals surface area contributed by atoms with Crippen LogP contribution in [-0.4, -0.2) is 4.98 Å². The maximum absolute atomic E-state index is 3.91. The summed E-state index contributed by atoms with van der Waals surface area (Å²) in [7, 11) is 0. The molecule has 0 aliphatic rings. The Morgan fingerprint density at radius 3 is 1.79 bits per heavy atom. The zero-order chi connectivity index (χ0) is 29.1. The standard InChI is InChI=1S/C41H37N/c1-28-19-23-32(24-20-28)30(3)27-38(33-25-21-29(2)22-26-33)31(4)39(34-13-7-5-8-14-34)41-37-18-12-11-17-36(37)40(42-41)35-15-9-6-10-16-35/h5-27,30,42H,1-4H3/b38-27+,39-31+. The van der Waals surface area contributed by atoms with Gasteiger partial charge in [0, 0.05) is 16.3 Å². The van der Waals surface area contributed by atoms with Gasteiger partial charge < -0.3 is 4.98 Å². The number of hydrogen-bond donors (Lipinski definition) is 1. The molecule has 206 valence electrons. The molecule has 0 amide bonds. The molecular weight excluding hydrogens is 506 g/mol. The van der Waals surface area contributed by atoms with Gasteiger partial charge in [-0.05, 0) is 60.1 Å². The highest BCUT2D eigenvalue weighted by Crippen LogP contribution is 2.41. The first-order chi connectivity index (χ1) is 20.5. The molecule has 0 aliphatic carbocycles. The van der Waals surface area contributed by atoms with Crippen molar-refractivity contribution in [1.29, 1.82) is 0 Å². The number of benzene rings is 5. The molecule has 5 aromatic carbocycles. The molecule has 1 nitrogen and oxygen atoms in total. The van der Waals surface area contributed by atoms with Crippen LogP contribution < -0.4 is 0 Å². The number of rotatable bonds is 7. The van der Waals surface area contributed by atoms with Crippen LogP contribution in [-0.2, 0) is 0 Å². The average molecular weight is 544 g/mol. The number of aryl methyl sites for hydroxylation is 2. The van der Waals surface area contributed by atoms with Crippen LogP contribution in [0.5, 0.6) is 0 Å². The third kappa shape index (κ3) is 5.51. The summed E-state index contributed by atoms with van der Waals surface area (Å²) in [6.07, 6.45) is 2.44. The van der Waals surface area contributed by atoms with Crippen molar-refractivity contribution in [3.8, 4) is 11.3 Å². The summed E-state index contributed by atoms with van der Waals surface area (Å²) in [6.45, 7) is 8.88. The Balaban J connectivity index is 1.63. The lowest BCUT2D eigenvalue weighted by molar-refractivity contribution is 0.967. The highest BCUT2D eigenvalue weighted by atomic mass is 14.7. The predicted octanol–water partition coefficient (Wildman–Crippen LogP) is 11.2. The minimum atomic E-state index is 0.245. The van der Waals surface area contributed by atoms with E-state index in [-0.39, 0.29) is 5.92 Å². The Bertz CT molecular complexity index is 1870. The van der Waals surface area contributed by atoms with Crippen molar-refractivity contribution < 1.29 is 0 Å². The van der Waals surface area contributed by atoms with Gasteiger partial charge in [-0.3, -0.25) is 0 Å². The Kier molecular flexibility index (Phi) is 7.75. The van der Waals surface area contributed by atoms with E-state index in [9.17, 15) is 0 Å². The van der Waals surface area contributed by atoms with Gasteiger partial charge in [0.15, 0.2) is 0 Å². The second-order valence-corrected chi connectivity index (χ2v) is 11.3. The summed E-state index contributed by atoms with van der Waals surface area (Å²) in [4.78, 5) is 3.91. The number of H-pyrrole nitrogens is 1. The molecule has 0 aliphatic heterocycles. The normalized spacial score (nSPS) is 13.2. The van der Waals surface area contributed by atoms with Crippen LogP contribution in [0.1, 0.15) is 53.3 Å². The molecule has 0 fully saturated rings. The molecule has 0 saturated heterocycles. The summed E-state index contributed by atoms with van der Waals surface area (Å²) in [5.74, 6) is 0.245. The van der Waals surface area contributed by atoms with Gasteiger partial charge in [-0.2, -0.15) is 0 Å². The van der Waals surface area contributed by atoms with Crippen LogP contribution in [0.25, 0.3) is 33.2 Å². The fourth-order valence-corrected chi connectivity index (χ4v) is 5.88. The monoisotopic (exact) mass is 543 g/mol. The smallest absolute Gasteiger partial charge is 0.0547 e. The van der Waals surface area contributed by atoms with E-state index >= 15 is 0 Å². The van der Waals surface area contributed by atoms with Crippen molar-refractivity contribution in [1.82, 2.24) is 4.98 Å². The number of hydrogen-bond acceptors (Lipinski definition) is 0. The zero-order valence-corrected chi connectivity index (χ0v) is 24.9. The molecule has 42 heavy (non-hydrogen) atoms. The third-order valence-electron chi connectivity index (χ3n) is 8.25. The van der Waals surface area contributed by atoms with Gasteiger partial charge >= 0.3 is 0 Å². The Hall–Kier alpha value is -4.88. The molecule has 1 heterocycles. The molecule has 1 heteroatoms. The SMILES string of the molecule is CC(/C(=C\C(C)c1ccc(C)cc1)c1ccc(C)cc1)=C(/c1ccccc1)c1[nH]c(-c2ccccc2)c2ccccc12.